The maximum atomic E-state index is 11.7. The Morgan fingerprint density at radius 1 is 1.33 bits per heavy atom. The average Bonchev–Trinajstić information content (AvgIpc) is 3.03. The summed E-state index contributed by atoms with van der Waals surface area (Å²) in [6.45, 7) is 2.65. The van der Waals surface area contributed by atoms with Gasteiger partial charge in [0, 0.05) is 12.0 Å². The van der Waals surface area contributed by atoms with Gasteiger partial charge in [0.15, 0.2) is 0 Å². The fraction of sp³-hybridized carbons (Fsp3) is 0.750. The van der Waals surface area contributed by atoms with E-state index in [0.29, 0.717) is 6.04 Å². The van der Waals surface area contributed by atoms with Crippen molar-refractivity contribution in [2.75, 3.05) is 19.6 Å². The Labute approximate surface area is 91.2 Å². The second-order valence-corrected chi connectivity index (χ2v) is 4.54. The summed E-state index contributed by atoms with van der Waals surface area (Å²) in [6.07, 6.45) is 9.51. The van der Waals surface area contributed by atoms with Crippen LogP contribution >= 0.6 is 0 Å². The molecule has 1 N–H and O–H groups in total. The number of carbonyl (C=O) groups is 1. The molecule has 3 heteroatoms. The number of piperidine rings is 1. The first-order valence-electron chi connectivity index (χ1n) is 5.76. The van der Waals surface area contributed by atoms with Gasteiger partial charge in [0.25, 0.3) is 0 Å². The van der Waals surface area contributed by atoms with Gasteiger partial charge < -0.3 is 5.32 Å². The molecule has 0 unspecified atom stereocenters. The third-order valence-electron chi connectivity index (χ3n) is 3.20. The molecular formula is C12H18N2O. The Kier molecular flexibility index (Phi) is 3.27. The molecule has 2 fully saturated rings. The molecule has 1 aliphatic heterocycles. The van der Waals surface area contributed by atoms with Crippen LogP contribution in [0.2, 0.25) is 0 Å². The second-order valence-electron chi connectivity index (χ2n) is 4.54. The van der Waals surface area contributed by atoms with Crippen LogP contribution in [0.5, 0.6) is 0 Å². The number of hydrogen-bond donors (Lipinski definition) is 1. The minimum atomic E-state index is 0.222. The lowest BCUT2D eigenvalue weighted by molar-refractivity contribution is -0.126. The molecule has 0 bridgehead atoms. The number of likely N-dealkylation sites (tertiary alicyclic amines) is 1. The van der Waals surface area contributed by atoms with Gasteiger partial charge in [-0.05, 0) is 38.8 Å². The number of amides is 1. The van der Waals surface area contributed by atoms with E-state index in [1.807, 2.05) is 0 Å². The van der Waals surface area contributed by atoms with Crippen LogP contribution in [0.4, 0.5) is 0 Å². The van der Waals surface area contributed by atoms with E-state index in [1.165, 1.54) is 12.8 Å². The summed E-state index contributed by atoms with van der Waals surface area (Å²) in [7, 11) is 0. The highest BCUT2D eigenvalue weighted by atomic mass is 16.2. The molecule has 1 saturated heterocycles. The molecule has 2 aliphatic rings. The third-order valence-corrected chi connectivity index (χ3v) is 3.20. The second kappa shape index (κ2) is 4.67. The van der Waals surface area contributed by atoms with Crippen molar-refractivity contribution in [3.63, 3.8) is 0 Å². The highest BCUT2D eigenvalue weighted by Crippen LogP contribution is 2.22. The van der Waals surface area contributed by atoms with Crippen molar-refractivity contribution in [1.29, 1.82) is 0 Å². The monoisotopic (exact) mass is 206 g/mol. The predicted octanol–water partition coefficient (Wildman–Crippen LogP) is 0.610. The fourth-order valence-electron chi connectivity index (χ4n) is 2.03. The number of nitrogens with one attached hydrogen (secondary N) is 1. The van der Waals surface area contributed by atoms with Crippen LogP contribution in [0, 0.1) is 18.3 Å². The first kappa shape index (κ1) is 10.5. The van der Waals surface area contributed by atoms with Crippen molar-refractivity contribution in [3.8, 4) is 12.3 Å². The number of terminal acetylenes is 1. The van der Waals surface area contributed by atoms with E-state index in [4.69, 9.17) is 6.42 Å². The lowest BCUT2D eigenvalue weighted by atomic mass is 9.96. The maximum Gasteiger partial charge on any atom is 0.223 e. The van der Waals surface area contributed by atoms with Gasteiger partial charge in [0.05, 0.1) is 6.54 Å². The van der Waals surface area contributed by atoms with Crippen molar-refractivity contribution in [2.45, 2.75) is 31.7 Å². The van der Waals surface area contributed by atoms with Crippen molar-refractivity contribution in [3.05, 3.63) is 0 Å². The zero-order valence-electron chi connectivity index (χ0n) is 9.04. The smallest absolute Gasteiger partial charge is 0.223 e. The SMILES string of the molecule is C#CCN1CCC(C(=O)NC2CC2)CC1. The highest BCUT2D eigenvalue weighted by Gasteiger charge is 2.29. The summed E-state index contributed by atoms with van der Waals surface area (Å²) in [5.74, 6) is 3.13. The summed E-state index contributed by atoms with van der Waals surface area (Å²) in [6, 6.07) is 0.487. The van der Waals surface area contributed by atoms with Gasteiger partial charge in [0.1, 0.15) is 0 Å². The molecule has 0 aromatic heterocycles. The minimum Gasteiger partial charge on any atom is -0.353 e. The Morgan fingerprint density at radius 3 is 2.53 bits per heavy atom. The molecule has 0 atom stereocenters. The minimum absolute atomic E-state index is 0.222. The maximum absolute atomic E-state index is 11.7. The van der Waals surface area contributed by atoms with E-state index in [2.05, 4.69) is 16.1 Å². The van der Waals surface area contributed by atoms with Gasteiger partial charge >= 0.3 is 0 Å². The largest absolute Gasteiger partial charge is 0.353 e. The van der Waals surface area contributed by atoms with Crippen molar-refractivity contribution < 1.29 is 4.79 Å². The summed E-state index contributed by atoms with van der Waals surface area (Å²) in [5.41, 5.74) is 0. The molecule has 15 heavy (non-hydrogen) atoms. The molecule has 3 nitrogen and oxygen atoms in total. The highest BCUT2D eigenvalue weighted by molar-refractivity contribution is 5.79. The van der Waals surface area contributed by atoms with Crippen LogP contribution in [0.25, 0.3) is 0 Å². The molecule has 1 saturated carbocycles. The lowest BCUT2D eigenvalue weighted by Gasteiger charge is -2.29. The molecule has 0 radical (unpaired) electrons. The van der Waals surface area contributed by atoms with Gasteiger partial charge in [-0.25, -0.2) is 0 Å². The quantitative estimate of drug-likeness (QED) is 0.686. The molecule has 1 aliphatic carbocycles. The number of hydrogen-bond acceptors (Lipinski definition) is 2. The van der Waals surface area contributed by atoms with Crippen LogP contribution in [0.3, 0.4) is 0 Å². The Bertz CT molecular complexity index is 270. The van der Waals surface area contributed by atoms with E-state index in [1.54, 1.807) is 0 Å². The zero-order chi connectivity index (χ0) is 10.7. The molecule has 82 valence electrons. The van der Waals surface area contributed by atoms with Crippen molar-refractivity contribution in [1.82, 2.24) is 10.2 Å². The van der Waals surface area contributed by atoms with Gasteiger partial charge in [-0.1, -0.05) is 5.92 Å². The van der Waals surface area contributed by atoms with Crippen molar-refractivity contribution in [2.24, 2.45) is 5.92 Å². The molecule has 0 aromatic rings. The fourth-order valence-corrected chi connectivity index (χ4v) is 2.03. The first-order chi connectivity index (χ1) is 7.29. The molecule has 2 rings (SSSR count). The summed E-state index contributed by atoms with van der Waals surface area (Å²) >= 11 is 0. The van der Waals surface area contributed by atoms with Crippen LogP contribution in [0.15, 0.2) is 0 Å². The standard InChI is InChI=1S/C12H18N2O/c1-2-7-14-8-5-10(6-9-14)12(15)13-11-3-4-11/h1,10-11H,3-9H2,(H,13,15). The Balaban J connectivity index is 1.72. The number of nitrogens with zero attached hydrogens (tertiary/aromatic N) is 1. The van der Waals surface area contributed by atoms with Gasteiger partial charge in [-0.3, -0.25) is 9.69 Å². The van der Waals surface area contributed by atoms with E-state index >= 15 is 0 Å². The average molecular weight is 206 g/mol. The predicted molar refractivity (Wildman–Crippen MR) is 59.2 cm³/mol. The lowest BCUT2D eigenvalue weighted by Crippen LogP contribution is -2.41. The van der Waals surface area contributed by atoms with Gasteiger partial charge in [-0.15, -0.1) is 6.42 Å². The summed E-state index contributed by atoms with van der Waals surface area (Å²) in [4.78, 5) is 14.0. The van der Waals surface area contributed by atoms with E-state index in [0.717, 1.165) is 32.5 Å². The summed E-state index contributed by atoms with van der Waals surface area (Å²) < 4.78 is 0. The molecule has 1 amide bonds. The van der Waals surface area contributed by atoms with Gasteiger partial charge in [0.2, 0.25) is 5.91 Å². The normalized spacial score (nSPS) is 23.4. The summed E-state index contributed by atoms with van der Waals surface area (Å²) in [5, 5.41) is 3.07. The third kappa shape index (κ3) is 2.97. The van der Waals surface area contributed by atoms with Crippen LogP contribution in [-0.2, 0) is 4.79 Å². The number of rotatable bonds is 3. The molecule has 0 spiro atoms. The van der Waals surface area contributed by atoms with E-state index in [-0.39, 0.29) is 11.8 Å². The van der Waals surface area contributed by atoms with Crippen LogP contribution in [-0.4, -0.2) is 36.5 Å². The van der Waals surface area contributed by atoms with Crippen LogP contribution in [0.1, 0.15) is 25.7 Å². The molecular weight excluding hydrogens is 188 g/mol. The first-order valence-corrected chi connectivity index (χ1v) is 5.76. The van der Waals surface area contributed by atoms with Crippen LogP contribution < -0.4 is 5.32 Å². The molecule has 0 aromatic carbocycles. The van der Waals surface area contributed by atoms with Gasteiger partial charge in [-0.2, -0.15) is 0 Å². The topological polar surface area (TPSA) is 32.3 Å². The van der Waals surface area contributed by atoms with E-state index < -0.39 is 0 Å². The van der Waals surface area contributed by atoms with Crippen molar-refractivity contribution >= 4 is 5.91 Å². The Morgan fingerprint density at radius 2 is 2.00 bits per heavy atom. The zero-order valence-corrected chi connectivity index (χ0v) is 9.04. The molecule has 1 heterocycles. The van der Waals surface area contributed by atoms with E-state index in [9.17, 15) is 4.79 Å². The number of carbonyl (C=O) groups excluding carboxylic acids is 1. The Hall–Kier alpha value is -1.01.